The van der Waals surface area contributed by atoms with E-state index in [0.717, 1.165) is 51.0 Å². The Kier molecular flexibility index (Phi) is 6.84. The molecule has 3 fully saturated rings. The summed E-state index contributed by atoms with van der Waals surface area (Å²) in [5, 5.41) is 4.82. The first kappa shape index (κ1) is 26.9. The second-order valence-corrected chi connectivity index (χ2v) is 12.4. The maximum absolute atomic E-state index is 15.4. The fraction of sp³-hybridized carbons (Fsp3) is 0.571. The monoisotopic (exact) mass is 633 g/mol. The normalized spacial score (nSPS) is 24.6. The molecule has 3 aromatic rings. The average Bonchev–Trinajstić information content (AvgIpc) is 3.73. The van der Waals surface area contributed by atoms with Crippen molar-refractivity contribution < 1.29 is 22.7 Å². The number of aryl methyl sites for hydroxylation is 1. The highest BCUT2D eigenvalue weighted by Crippen LogP contribution is 2.41. The van der Waals surface area contributed by atoms with E-state index >= 15 is 4.39 Å². The maximum atomic E-state index is 15.4. The fourth-order valence-corrected chi connectivity index (χ4v) is 7.22. The summed E-state index contributed by atoms with van der Waals surface area (Å²) in [4.78, 5) is 27.9. The van der Waals surface area contributed by atoms with Crippen LogP contribution in [0.5, 0.6) is 6.01 Å². The van der Waals surface area contributed by atoms with Crippen LogP contribution >= 0.6 is 15.9 Å². The first-order valence-electron chi connectivity index (χ1n) is 14.3. The molecule has 2 atom stereocenters. The lowest BCUT2D eigenvalue weighted by molar-refractivity contribution is 0.0786. The number of carbonyl (C=O) groups excluding carboxylic acids is 1. The SMILES string of the molecule is O=C(c1cc2n(n1)CCCN(c1nc(OC[C@@]34CCCN3C[C@H](F)C4)nc3c(F)c(Br)c(F)cc13)C2)N1CCCC1. The van der Waals surface area contributed by atoms with E-state index in [1.165, 1.54) is 6.07 Å². The van der Waals surface area contributed by atoms with E-state index < -0.39 is 23.3 Å². The van der Waals surface area contributed by atoms with E-state index in [9.17, 15) is 13.6 Å². The van der Waals surface area contributed by atoms with Gasteiger partial charge in [-0.2, -0.15) is 15.1 Å². The first-order valence-corrected chi connectivity index (χ1v) is 15.1. The second kappa shape index (κ2) is 10.4. The van der Waals surface area contributed by atoms with Gasteiger partial charge in [0.15, 0.2) is 11.5 Å². The summed E-state index contributed by atoms with van der Waals surface area (Å²) in [6.07, 6.45) is 3.92. The van der Waals surface area contributed by atoms with Crippen molar-refractivity contribution in [2.24, 2.45) is 0 Å². The molecule has 0 N–H and O–H groups in total. The Morgan fingerprint density at radius 1 is 1.07 bits per heavy atom. The third-order valence-corrected chi connectivity index (χ3v) is 9.67. The van der Waals surface area contributed by atoms with Crippen LogP contribution in [-0.2, 0) is 13.1 Å². The van der Waals surface area contributed by atoms with Crippen molar-refractivity contribution in [1.82, 2.24) is 29.5 Å². The summed E-state index contributed by atoms with van der Waals surface area (Å²) in [6.45, 7) is 4.36. The summed E-state index contributed by atoms with van der Waals surface area (Å²) >= 11 is 3.00. The molecule has 13 heteroatoms. The van der Waals surface area contributed by atoms with Gasteiger partial charge in [0.2, 0.25) is 0 Å². The summed E-state index contributed by atoms with van der Waals surface area (Å²) < 4.78 is 52.1. The number of anilines is 1. The van der Waals surface area contributed by atoms with Crippen molar-refractivity contribution in [3.8, 4) is 6.01 Å². The number of benzene rings is 1. The smallest absolute Gasteiger partial charge is 0.319 e. The standard InChI is InChI=1S/C28H31BrF3N7O2/c29-22-20(31)12-19-24(23(22)32)33-27(41-16-28-5-3-9-38(28)14-17(30)13-28)34-25(19)37-8-4-10-39-18(15-37)11-21(35-39)26(40)36-6-1-2-7-36/h11-12,17H,1-10,13-16H2/t17-,28+/m1/s1. The minimum atomic E-state index is -0.910. The Morgan fingerprint density at radius 2 is 1.90 bits per heavy atom. The fourth-order valence-electron chi connectivity index (χ4n) is 6.92. The number of carbonyl (C=O) groups is 1. The van der Waals surface area contributed by atoms with Gasteiger partial charge in [-0.15, -0.1) is 0 Å². The van der Waals surface area contributed by atoms with Crippen LogP contribution in [0.25, 0.3) is 10.9 Å². The zero-order valence-corrected chi connectivity index (χ0v) is 24.2. The number of aromatic nitrogens is 4. The van der Waals surface area contributed by atoms with Gasteiger partial charge < -0.3 is 14.5 Å². The van der Waals surface area contributed by atoms with Crippen LogP contribution < -0.4 is 9.64 Å². The summed E-state index contributed by atoms with van der Waals surface area (Å²) in [5.74, 6) is -1.33. The molecule has 0 radical (unpaired) electrons. The number of hydrogen-bond acceptors (Lipinski definition) is 7. The van der Waals surface area contributed by atoms with E-state index in [0.29, 0.717) is 50.5 Å². The van der Waals surface area contributed by atoms with Crippen LogP contribution in [-0.4, -0.2) is 86.5 Å². The number of amides is 1. The zero-order valence-electron chi connectivity index (χ0n) is 22.6. The third kappa shape index (κ3) is 4.74. The van der Waals surface area contributed by atoms with E-state index in [-0.39, 0.29) is 33.9 Å². The summed E-state index contributed by atoms with van der Waals surface area (Å²) in [6, 6.07) is 3.00. The Labute approximate surface area is 243 Å². The molecule has 218 valence electrons. The lowest BCUT2D eigenvalue weighted by Crippen LogP contribution is -2.43. The first-order chi connectivity index (χ1) is 19.8. The van der Waals surface area contributed by atoms with Gasteiger partial charge >= 0.3 is 6.01 Å². The Hall–Kier alpha value is -2.93. The molecule has 0 bridgehead atoms. The van der Waals surface area contributed by atoms with Gasteiger partial charge in [-0.1, -0.05) is 0 Å². The van der Waals surface area contributed by atoms with Crippen molar-refractivity contribution in [3.05, 3.63) is 39.6 Å². The van der Waals surface area contributed by atoms with Crippen LogP contribution in [0, 0.1) is 11.6 Å². The lowest BCUT2D eigenvalue weighted by atomic mass is 9.95. The molecule has 4 aliphatic rings. The van der Waals surface area contributed by atoms with Crippen LogP contribution in [0.1, 0.15) is 54.7 Å². The highest BCUT2D eigenvalue weighted by molar-refractivity contribution is 9.10. The van der Waals surface area contributed by atoms with Crippen LogP contribution in [0.15, 0.2) is 16.6 Å². The Balaban J connectivity index is 1.23. The quantitative estimate of drug-likeness (QED) is 0.384. The van der Waals surface area contributed by atoms with E-state index in [1.807, 2.05) is 14.5 Å². The van der Waals surface area contributed by atoms with Crippen LogP contribution in [0.3, 0.4) is 0 Å². The number of fused-ring (bicyclic) bond motifs is 3. The van der Waals surface area contributed by atoms with Gasteiger partial charge in [0.25, 0.3) is 5.91 Å². The Bertz CT molecular complexity index is 1510. The van der Waals surface area contributed by atoms with Crippen molar-refractivity contribution in [2.45, 2.75) is 63.3 Å². The van der Waals surface area contributed by atoms with Gasteiger partial charge in [0, 0.05) is 44.5 Å². The second-order valence-electron chi connectivity index (χ2n) is 11.6. The number of ether oxygens (including phenoxy) is 1. The molecule has 2 aromatic heterocycles. The van der Waals surface area contributed by atoms with Gasteiger partial charge in [0.1, 0.15) is 29.9 Å². The average molecular weight is 635 g/mol. The number of alkyl halides is 1. The van der Waals surface area contributed by atoms with Crippen molar-refractivity contribution in [1.29, 1.82) is 0 Å². The Morgan fingerprint density at radius 3 is 2.73 bits per heavy atom. The van der Waals surface area contributed by atoms with Gasteiger partial charge in [-0.25, -0.2) is 13.2 Å². The number of nitrogens with zero attached hydrogens (tertiary/aromatic N) is 7. The molecule has 7 rings (SSSR count). The molecule has 1 aromatic carbocycles. The molecule has 41 heavy (non-hydrogen) atoms. The largest absolute Gasteiger partial charge is 0.461 e. The minimum Gasteiger partial charge on any atom is -0.461 e. The minimum absolute atomic E-state index is 0.0314. The topological polar surface area (TPSA) is 79.6 Å². The van der Waals surface area contributed by atoms with Crippen molar-refractivity contribution in [3.63, 3.8) is 0 Å². The number of likely N-dealkylation sites (tertiary alicyclic amines) is 1. The molecule has 6 heterocycles. The van der Waals surface area contributed by atoms with Crippen LogP contribution in [0.2, 0.25) is 0 Å². The van der Waals surface area contributed by atoms with E-state index in [1.54, 1.807) is 6.07 Å². The molecular weight excluding hydrogens is 603 g/mol. The van der Waals surface area contributed by atoms with Crippen LogP contribution in [0.4, 0.5) is 19.0 Å². The van der Waals surface area contributed by atoms with Crippen molar-refractivity contribution >= 4 is 38.6 Å². The van der Waals surface area contributed by atoms with Gasteiger partial charge in [0.05, 0.1) is 22.3 Å². The highest BCUT2D eigenvalue weighted by atomic mass is 79.9. The maximum Gasteiger partial charge on any atom is 0.319 e. The van der Waals surface area contributed by atoms with Gasteiger partial charge in [-0.05, 0) is 66.7 Å². The molecular formula is C28H31BrF3N7O2. The molecule has 4 aliphatic heterocycles. The molecule has 0 aliphatic carbocycles. The number of hydrogen-bond donors (Lipinski definition) is 0. The number of halogens is 4. The molecule has 0 spiro atoms. The summed E-state index contributed by atoms with van der Waals surface area (Å²) in [7, 11) is 0. The molecule has 1 amide bonds. The molecule has 9 nitrogen and oxygen atoms in total. The molecule has 3 saturated heterocycles. The highest BCUT2D eigenvalue weighted by Gasteiger charge is 2.49. The van der Waals surface area contributed by atoms with E-state index in [4.69, 9.17) is 4.74 Å². The van der Waals surface area contributed by atoms with E-state index in [2.05, 4.69) is 35.9 Å². The summed E-state index contributed by atoms with van der Waals surface area (Å²) in [5.41, 5.74) is 0.742. The third-order valence-electron chi connectivity index (χ3n) is 8.94. The molecule has 0 unspecified atom stereocenters. The van der Waals surface area contributed by atoms with Crippen molar-refractivity contribution in [2.75, 3.05) is 44.2 Å². The molecule has 0 saturated carbocycles. The lowest BCUT2D eigenvalue weighted by Gasteiger charge is -2.31. The zero-order chi connectivity index (χ0) is 28.3. The van der Waals surface area contributed by atoms with Gasteiger partial charge in [-0.3, -0.25) is 14.4 Å². The predicted molar refractivity (Wildman–Crippen MR) is 149 cm³/mol. The predicted octanol–water partition coefficient (Wildman–Crippen LogP) is 4.47. The number of rotatable bonds is 5.